The van der Waals surface area contributed by atoms with E-state index in [4.69, 9.17) is 0 Å². The highest BCUT2D eigenvalue weighted by atomic mass is 19.1. The first-order valence-electron chi connectivity index (χ1n) is 10.4. The Kier molecular flexibility index (Phi) is 8.01. The van der Waals surface area contributed by atoms with Crippen LogP contribution in [0.3, 0.4) is 0 Å². The van der Waals surface area contributed by atoms with Gasteiger partial charge in [-0.3, -0.25) is 9.79 Å². The fourth-order valence-electron chi connectivity index (χ4n) is 3.54. The fraction of sp³-hybridized carbons (Fsp3) is 0.333. The normalized spacial score (nSPS) is 14.4. The molecule has 0 aromatic heterocycles. The number of likely N-dealkylation sites (tertiary alicyclic amines) is 1. The average molecular weight is 409 g/mol. The number of carbonyl (C=O) groups is 1. The van der Waals surface area contributed by atoms with Gasteiger partial charge in [0.1, 0.15) is 5.82 Å². The number of nitrogens with one attached hydrogen (secondary N) is 2. The van der Waals surface area contributed by atoms with Crippen LogP contribution in [0.15, 0.2) is 65.2 Å². The summed E-state index contributed by atoms with van der Waals surface area (Å²) in [6.07, 6.45) is 4.48. The predicted octanol–water partition coefficient (Wildman–Crippen LogP) is 3.24. The number of hydrogen-bond donors (Lipinski definition) is 2. The zero-order chi connectivity index (χ0) is 21.2. The zero-order valence-corrected chi connectivity index (χ0v) is 17.4. The van der Waals surface area contributed by atoms with Gasteiger partial charge in [0.2, 0.25) is 5.91 Å². The summed E-state index contributed by atoms with van der Waals surface area (Å²) < 4.78 is 13.2. The fourth-order valence-corrected chi connectivity index (χ4v) is 3.54. The number of halogens is 1. The molecule has 0 radical (unpaired) electrons. The lowest BCUT2D eigenvalue weighted by Crippen LogP contribution is -2.46. The van der Waals surface area contributed by atoms with Crippen molar-refractivity contribution in [3.63, 3.8) is 0 Å². The van der Waals surface area contributed by atoms with Crippen molar-refractivity contribution >= 4 is 17.9 Å². The van der Waals surface area contributed by atoms with Gasteiger partial charge >= 0.3 is 0 Å². The lowest BCUT2D eigenvalue weighted by molar-refractivity contribution is -0.120. The van der Waals surface area contributed by atoms with Gasteiger partial charge in [-0.2, -0.15) is 0 Å². The van der Waals surface area contributed by atoms with Crippen LogP contribution >= 0.6 is 0 Å². The van der Waals surface area contributed by atoms with Crippen LogP contribution in [0.5, 0.6) is 0 Å². The standard InChI is InChI=1S/C24H29FN4O/c1-26-24(28-13-12-27-23(30)18-21-8-5-9-22(25)17-21)29-14-10-20(11-15-29)16-19-6-3-2-4-7-19/h2-9,16-17H,10-15,18H2,1H3,(H,26,28)(H,27,30). The third kappa shape index (κ3) is 6.72. The molecule has 1 saturated heterocycles. The summed E-state index contributed by atoms with van der Waals surface area (Å²) in [6, 6.07) is 16.5. The molecule has 1 amide bonds. The summed E-state index contributed by atoms with van der Waals surface area (Å²) in [5.74, 6) is 0.410. The molecule has 0 saturated carbocycles. The van der Waals surface area contributed by atoms with Crippen LogP contribution in [0, 0.1) is 5.82 Å². The number of rotatable bonds is 6. The van der Waals surface area contributed by atoms with E-state index < -0.39 is 0 Å². The third-order valence-corrected chi connectivity index (χ3v) is 5.07. The van der Waals surface area contributed by atoms with Crippen LogP contribution < -0.4 is 10.6 Å². The SMILES string of the molecule is CN=C(NCCNC(=O)Cc1cccc(F)c1)N1CCC(=Cc2ccccc2)CC1. The Bertz CT molecular complexity index is 885. The van der Waals surface area contributed by atoms with Gasteiger partial charge in [-0.15, -0.1) is 0 Å². The van der Waals surface area contributed by atoms with E-state index in [1.807, 2.05) is 6.07 Å². The maximum absolute atomic E-state index is 13.2. The van der Waals surface area contributed by atoms with Gasteiger partial charge in [0, 0.05) is 33.2 Å². The molecule has 1 heterocycles. The number of piperidine rings is 1. The predicted molar refractivity (Wildman–Crippen MR) is 120 cm³/mol. The highest BCUT2D eigenvalue weighted by molar-refractivity contribution is 5.80. The first kappa shape index (κ1) is 21.6. The van der Waals surface area contributed by atoms with Crippen molar-refractivity contribution in [2.24, 2.45) is 4.99 Å². The maximum Gasteiger partial charge on any atom is 0.224 e. The smallest absolute Gasteiger partial charge is 0.224 e. The Morgan fingerprint density at radius 1 is 1.07 bits per heavy atom. The number of benzene rings is 2. The third-order valence-electron chi connectivity index (χ3n) is 5.07. The molecule has 1 aliphatic rings. The second kappa shape index (κ2) is 11.1. The van der Waals surface area contributed by atoms with Gasteiger partial charge in [0.15, 0.2) is 5.96 Å². The van der Waals surface area contributed by atoms with E-state index in [1.54, 1.807) is 19.2 Å². The van der Waals surface area contributed by atoms with Crippen molar-refractivity contribution in [1.29, 1.82) is 0 Å². The Morgan fingerprint density at radius 2 is 1.80 bits per heavy atom. The molecule has 30 heavy (non-hydrogen) atoms. The van der Waals surface area contributed by atoms with Crippen LogP contribution in [0.2, 0.25) is 0 Å². The first-order valence-corrected chi connectivity index (χ1v) is 10.4. The van der Waals surface area contributed by atoms with Crippen LogP contribution in [0.4, 0.5) is 4.39 Å². The summed E-state index contributed by atoms with van der Waals surface area (Å²) >= 11 is 0. The molecule has 0 spiro atoms. The van der Waals surface area contributed by atoms with E-state index in [1.165, 1.54) is 23.3 Å². The Hall–Kier alpha value is -3.15. The second-order valence-electron chi connectivity index (χ2n) is 7.33. The molecule has 1 fully saturated rings. The number of guanidine groups is 1. The molecule has 2 aromatic carbocycles. The van der Waals surface area contributed by atoms with E-state index in [-0.39, 0.29) is 18.1 Å². The van der Waals surface area contributed by atoms with Crippen molar-refractivity contribution in [2.45, 2.75) is 19.3 Å². The average Bonchev–Trinajstić information content (AvgIpc) is 2.75. The van der Waals surface area contributed by atoms with Crippen molar-refractivity contribution in [2.75, 3.05) is 33.2 Å². The van der Waals surface area contributed by atoms with Gasteiger partial charge in [-0.05, 0) is 36.1 Å². The first-order chi connectivity index (χ1) is 14.6. The number of hydrogen-bond acceptors (Lipinski definition) is 2. The summed E-state index contributed by atoms with van der Waals surface area (Å²) in [5, 5.41) is 6.17. The van der Waals surface area contributed by atoms with Crippen molar-refractivity contribution in [3.8, 4) is 0 Å². The molecule has 3 rings (SSSR count). The van der Waals surface area contributed by atoms with Gasteiger partial charge in [0.05, 0.1) is 6.42 Å². The highest BCUT2D eigenvalue weighted by Crippen LogP contribution is 2.19. The zero-order valence-electron chi connectivity index (χ0n) is 17.4. The molecule has 2 aromatic rings. The molecule has 0 unspecified atom stereocenters. The van der Waals surface area contributed by atoms with Gasteiger partial charge in [0.25, 0.3) is 0 Å². The summed E-state index contributed by atoms with van der Waals surface area (Å²) in [5.41, 5.74) is 3.37. The van der Waals surface area contributed by atoms with E-state index in [2.05, 4.69) is 50.9 Å². The quantitative estimate of drug-likeness (QED) is 0.438. The van der Waals surface area contributed by atoms with E-state index in [0.717, 1.165) is 31.9 Å². The largest absolute Gasteiger partial charge is 0.354 e. The molecule has 6 heteroatoms. The minimum absolute atomic E-state index is 0.119. The Labute approximate surface area is 177 Å². The van der Waals surface area contributed by atoms with E-state index in [9.17, 15) is 9.18 Å². The van der Waals surface area contributed by atoms with Gasteiger partial charge < -0.3 is 15.5 Å². The van der Waals surface area contributed by atoms with Gasteiger partial charge in [-0.1, -0.05) is 54.1 Å². The molecule has 0 bridgehead atoms. The maximum atomic E-state index is 13.2. The number of nitrogens with zero attached hydrogens (tertiary/aromatic N) is 2. The van der Waals surface area contributed by atoms with Crippen LogP contribution in [-0.4, -0.2) is 50.0 Å². The molecule has 0 aliphatic carbocycles. The summed E-state index contributed by atoms with van der Waals surface area (Å²) in [7, 11) is 1.78. The lowest BCUT2D eigenvalue weighted by Gasteiger charge is -2.31. The molecular weight excluding hydrogens is 379 g/mol. The van der Waals surface area contributed by atoms with E-state index >= 15 is 0 Å². The molecular formula is C24H29FN4O. The number of aliphatic imine (C=N–C) groups is 1. The van der Waals surface area contributed by atoms with Crippen LogP contribution in [0.25, 0.3) is 6.08 Å². The molecule has 5 nitrogen and oxygen atoms in total. The van der Waals surface area contributed by atoms with Crippen LogP contribution in [-0.2, 0) is 11.2 Å². The van der Waals surface area contributed by atoms with Crippen molar-refractivity contribution in [3.05, 3.63) is 77.1 Å². The van der Waals surface area contributed by atoms with Crippen LogP contribution in [0.1, 0.15) is 24.0 Å². The molecule has 158 valence electrons. The molecule has 0 atom stereocenters. The van der Waals surface area contributed by atoms with Crippen molar-refractivity contribution < 1.29 is 9.18 Å². The van der Waals surface area contributed by atoms with E-state index in [0.29, 0.717) is 18.7 Å². The molecule has 1 aliphatic heterocycles. The summed E-state index contributed by atoms with van der Waals surface area (Å²) in [4.78, 5) is 18.6. The minimum Gasteiger partial charge on any atom is -0.354 e. The minimum atomic E-state index is -0.325. The lowest BCUT2D eigenvalue weighted by atomic mass is 10.0. The molecule has 2 N–H and O–H groups in total. The van der Waals surface area contributed by atoms with Gasteiger partial charge in [-0.25, -0.2) is 4.39 Å². The highest BCUT2D eigenvalue weighted by Gasteiger charge is 2.17. The van der Waals surface area contributed by atoms with Crippen molar-refractivity contribution in [1.82, 2.24) is 15.5 Å². The Balaban J connectivity index is 1.38. The number of amides is 1. The second-order valence-corrected chi connectivity index (χ2v) is 7.33. The topological polar surface area (TPSA) is 56.7 Å². The summed E-state index contributed by atoms with van der Waals surface area (Å²) in [6.45, 7) is 2.92. The number of carbonyl (C=O) groups excluding carboxylic acids is 1. The monoisotopic (exact) mass is 408 g/mol. The Morgan fingerprint density at radius 3 is 2.50 bits per heavy atom.